The lowest BCUT2D eigenvalue weighted by Crippen LogP contribution is -2.36. The second kappa shape index (κ2) is 10.6. The van der Waals surface area contributed by atoms with Crippen LogP contribution in [0.5, 0.6) is 0 Å². The molecule has 1 aliphatic heterocycles. The van der Waals surface area contributed by atoms with Crippen molar-refractivity contribution in [2.45, 2.75) is 32.0 Å². The highest BCUT2D eigenvalue weighted by Gasteiger charge is 2.31. The van der Waals surface area contributed by atoms with E-state index in [-0.39, 0.29) is 34.9 Å². The van der Waals surface area contributed by atoms with Crippen molar-refractivity contribution in [2.24, 2.45) is 0 Å². The molecular weight excluding hydrogens is 448 g/mol. The minimum atomic E-state index is -2.61. The number of carbonyl (C=O) groups is 2. The normalized spacial score (nSPS) is 18.9. The number of esters is 1. The van der Waals surface area contributed by atoms with Gasteiger partial charge in [0, 0.05) is 29.5 Å². The first kappa shape index (κ1) is 23.1. The molecule has 1 aromatic heterocycles. The van der Waals surface area contributed by atoms with Gasteiger partial charge in [-0.25, -0.2) is 0 Å². The molecule has 1 aliphatic rings. The molecule has 31 heavy (non-hydrogen) atoms. The maximum atomic E-state index is 13.0. The second-order valence-electron chi connectivity index (χ2n) is 6.77. The Labute approximate surface area is 186 Å². The number of ether oxygens (including phenoxy) is 1. The summed E-state index contributed by atoms with van der Waals surface area (Å²) >= 11 is 3.56. The van der Waals surface area contributed by atoms with Gasteiger partial charge < -0.3 is 34.4 Å². The summed E-state index contributed by atoms with van der Waals surface area (Å²) in [5.41, 5.74) is 0.648. The molecule has 3 atom stereocenters. The second-order valence-corrected chi connectivity index (χ2v) is 7.85. The number of hydrogen-bond donors (Lipinski definition) is 4. The van der Waals surface area contributed by atoms with Gasteiger partial charge in [0.2, 0.25) is 0 Å². The molecule has 2 unspecified atom stereocenters. The molecule has 1 fully saturated rings. The van der Waals surface area contributed by atoms with E-state index in [0.29, 0.717) is 31.0 Å². The third-order valence-corrected chi connectivity index (χ3v) is 5.31. The molecule has 1 amide bonds. The molecule has 0 saturated carbocycles. The van der Waals surface area contributed by atoms with Crippen LogP contribution in [-0.4, -0.2) is 45.9 Å². The fourth-order valence-corrected chi connectivity index (χ4v) is 3.82. The highest BCUT2D eigenvalue weighted by molar-refractivity contribution is 7.80. The van der Waals surface area contributed by atoms with Crippen LogP contribution in [0.1, 0.15) is 29.5 Å². The Balaban J connectivity index is 1.76. The highest BCUT2D eigenvalue weighted by Crippen LogP contribution is 2.30. The van der Waals surface area contributed by atoms with Crippen molar-refractivity contribution in [3.05, 3.63) is 46.9 Å². The lowest BCUT2D eigenvalue weighted by molar-refractivity contribution is -0.145. The maximum Gasteiger partial charge on any atom is 0.323 e. The van der Waals surface area contributed by atoms with E-state index in [9.17, 15) is 18.4 Å². The van der Waals surface area contributed by atoms with Crippen LogP contribution in [0.2, 0.25) is 5.02 Å². The van der Waals surface area contributed by atoms with E-state index in [0.717, 1.165) is 0 Å². The summed E-state index contributed by atoms with van der Waals surface area (Å²) < 4.78 is 34.6. The quantitative estimate of drug-likeness (QED) is 0.321. The Morgan fingerprint density at radius 2 is 2.19 bits per heavy atom. The number of hydrogen-bond acceptors (Lipinski definition) is 8. The van der Waals surface area contributed by atoms with Gasteiger partial charge in [-0.3, -0.25) is 13.8 Å². The number of nitrogens with one attached hydrogen (secondary N) is 4. The minimum Gasteiger partial charge on any atom is -0.755 e. The minimum absolute atomic E-state index is 0.0673. The average molecular weight is 470 g/mol. The van der Waals surface area contributed by atoms with Crippen molar-refractivity contribution in [3.8, 4) is 0 Å². The van der Waals surface area contributed by atoms with Crippen molar-refractivity contribution in [3.63, 3.8) is 0 Å². The van der Waals surface area contributed by atoms with E-state index in [1.54, 1.807) is 19.1 Å². The summed E-state index contributed by atoms with van der Waals surface area (Å²) in [6, 6.07) is 5.52. The zero-order chi connectivity index (χ0) is 22.4. The topological polar surface area (TPSA) is 145 Å². The first-order valence-corrected chi connectivity index (χ1v) is 11.0. The molecule has 2 heterocycles. The number of anilines is 2. The molecule has 2 aromatic rings. The van der Waals surface area contributed by atoms with Crippen LogP contribution in [-0.2, 0) is 27.3 Å². The molecule has 1 saturated heterocycles. The fourth-order valence-electron chi connectivity index (χ4n) is 3.20. The fraction of sp³-hybridized carbons (Fsp3) is 0.368. The number of rotatable bonds is 9. The Morgan fingerprint density at radius 1 is 1.39 bits per heavy atom. The Kier molecular flexibility index (Phi) is 7.91. The van der Waals surface area contributed by atoms with Crippen LogP contribution in [0.3, 0.4) is 0 Å². The highest BCUT2D eigenvalue weighted by atomic mass is 35.5. The van der Waals surface area contributed by atoms with Crippen molar-refractivity contribution >= 4 is 46.1 Å². The summed E-state index contributed by atoms with van der Waals surface area (Å²) in [6.07, 6.45) is 1.91. The summed E-state index contributed by atoms with van der Waals surface area (Å²) in [5.74, 6) is -0.173. The zero-order valence-corrected chi connectivity index (χ0v) is 18.2. The van der Waals surface area contributed by atoms with Gasteiger partial charge in [0.25, 0.3) is 5.91 Å². The average Bonchev–Trinajstić information content (AvgIpc) is 3.40. The third-order valence-electron chi connectivity index (χ3n) is 4.62. The molecular formula is C19H22ClN4O6S-. The maximum absolute atomic E-state index is 13.0. The first-order valence-electron chi connectivity index (χ1n) is 9.54. The van der Waals surface area contributed by atoms with Crippen LogP contribution in [0.15, 0.2) is 34.9 Å². The Morgan fingerprint density at radius 3 is 2.87 bits per heavy atom. The predicted molar refractivity (Wildman–Crippen MR) is 114 cm³/mol. The van der Waals surface area contributed by atoms with Gasteiger partial charge in [-0.15, -0.1) is 0 Å². The van der Waals surface area contributed by atoms with E-state index in [1.807, 2.05) is 0 Å². The molecule has 0 radical (unpaired) electrons. The van der Waals surface area contributed by atoms with E-state index < -0.39 is 23.2 Å². The van der Waals surface area contributed by atoms with Crippen LogP contribution in [0.4, 0.5) is 11.4 Å². The van der Waals surface area contributed by atoms with Gasteiger partial charge in [0.05, 0.1) is 35.7 Å². The molecule has 12 heteroatoms. The first-order chi connectivity index (χ1) is 14.9. The summed E-state index contributed by atoms with van der Waals surface area (Å²) in [4.78, 5) is 24.9. The van der Waals surface area contributed by atoms with Gasteiger partial charge in [-0.05, 0) is 37.6 Å². The SMILES string of the molecule is CCOC(=O)C1C[C@H](NC(=O)c2cc(NS(=O)[O-])c(Cl)cc2NCc2ccco2)CN1. The smallest absolute Gasteiger partial charge is 0.323 e. The van der Waals surface area contributed by atoms with Crippen LogP contribution in [0.25, 0.3) is 0 Å². The Hall–Kier alpha value is -2.60. The van der Waals surface area contributed by atoms with E-state index >= 15 is 0 Å². The molecule has 10 nitrogen and oxygen atoms in total. The number of halogens is 1. The standard InChI is InChI=1S/C19H23ClN4O6S/c1-2-29-19(26)17-6-11(9-21-17)23-18(25)13-7-16(24-31(27)28)14(20)8-15(13)22-10-12-4-3-5-30-12/h3-5,7-8,11,17,21-22,24H,2,6,9-10H2,1H3,(H,23,25)(H,27,28)/p-1/t11-,17?/m0/s1. The van der Waals surface area contributed by atoms with Crippen molar-refractivity contribution < 1.29 is 27.5 Å². The summed E-state index contributed by atoms with van der Waals surface area (Å²) in [7, 11) is 0. The summed E-state index contributed by atoms with van der Waals surface area (Å²) in [5, 5.41) is 9.07. The van der Waals surface area contributed by atoms with Crippen LogP contribution >= 0.6 is 11.6 Å². The number of amides is 1. The lowest BCUT2D eigenvalue weighted by atomic mass is 10.1. The molecule has 168 valence electrons. The van der Waals surface area contributed by atoms with Gasteiger partial charge in [0.15, 0.2) is 0 Å². The van der Waals surface area contributed by atoms with Crippen molar-refractivity contribution in [2.75, 3.05) is 23.2 Å². The lowest BCUT2D eigenvalue weighted by Gasteiger charge is -2.18. The molecule has 1 aromatic carbocycles. The summed E-state index contributed by atoms with van der Waals surface area (Å²) in [6.45, 7) is 2.69. The molecule has 0 spiro atoms. The van der Waals surface area contributed by atoms with Crippen LogP contribution < -0.4 is 20.7 Å². The van der Waals surface area contributed by atoms with E-state index in [4.69, 9.17) is 20.8 Å². The van der Waals surface area contributed by atoms with Gasteiger partial charge in [0.1, 0.15) is 11.8 Å². The predicted octanol–water partition coefficient (Wildman–Crippen LogP) is 1.77. The monoisotopic (exact) mass is 469 g/mol. The van der Waals surface area contributed by atoms with E-state index in [2.05, 4.69) is 20.7 Å². The van der Waals surface area contributed by atoms with Gasteiger partial charge in [-0.1, -0.05) is 11.6 Å². The number of benzene rings is 1. The van der Waals surface area contributed by atoms with Gasteiger partial charge >= 0.3 is 5.97 Å². The van der Waals surface area contributed by atoms with Gasteiger partial charge in [-0.2, -0.15) is 0 Å². The number of carbonyl (C=O) groups excluding carboxylic acids is 2. The Bertz CT molecular complexity index is 955. The zero-order valence-electron chi connectivity index (χ0n) is 16.6. The molecule has 4 N–H and O–H groups in total. The largest absolute Gasteiger partial charge is 0.755 e. The molecule has 0 bridgehead atoms. The number of furan rings is 1. The molecule has 3 rings (SSSR count). The third kappa shape index (κ3) is 6.20. The molecule has 0 aliphatic carbocycles. The van der Waals surface area contributed by atoms with E-state index in [1.165, 1.54) is 18.4 Å². The van der Waals surface area contributed by atoms with Crippen LogP contribution in [0, 0.1) is 0 Å². The van der Waals surface area contributed by atoms with Crippen molar-refractivity contribution in [1.29, 1.82) is 0 Å². The van der Waals surface area contributed by atoms with Crippen molar-refractivity contribution in [1.82, 2.24) is 10.6 Å².